The van der Waals surface area contributed by atoms with Gasteiger partial charge in [0.2, 0.25) is 9.84 Å². The molecule has 0 radical (unpaired) electrons. The van der Waals surface area contributed by atoms with Crippen molar-refractivity contribution in [1.29, 1.82) is 0 Å². The third-order valence-electron chi connectivity index (χ3n) is 5.06. The highest BCUT2D eigenvalue weighted by Gasteiger charge is 2.27. The largest absolute Gasteiger partial charge is 0.341 e. The Kier molecular flexibility index (Phi) is 6.46. The Hall–Kier alpha value is -2.55. The first-order chi connectivity index (χ1) is 13.8. The molecule has 0 bridgehead atoms. The Morgan fingerprint density at radius 2 is 1.66 bits per heavy atom. The van der Waals surface area contributed by atoms with Gasteiger partial charge in [0.25, 0.3) is 0 Å². The summed E-state index contributed by atoms with van der Waals surface area (Å²) < 4.78 is 61.5. The van der Waals surface area contributed by atoms with Crippen LogP contribution in [0.1, 0.15) is 37.2 Å². The lowest BCUT2D eigenvalue weighted by Gasteiger charge is -2.29. The van der Waals surface area contributed by atoms with Gasteiger partial charge in [-0.1, -0.05) is 18.2 Å². The van der Waals surface area contributed by atoms with Gasteiger partial charge < -0.3 is 10.6 Å². The molecule has 9 heteroatoms. The summed E-state index contributed by atoms with van der Waals surface area (Å²) in [5.41, 5.74) is 1.19. The summed E-state index contributed by atoms with van der Waals surface area (Å²) in [5.74, 6) is -3.48. The lowest BCUT2D eigenvalue weighted by molar-refractivity contribution is 0.235. The van der Waals surface area contributed by atoms with Crippen LogP contribution in [0.15, 0.2) is 53.4 Å². The van der Waals surface area contributed by atoms with Crippen molar-refractivity contribution >= 4 is 21.6 Å². The first-order valence-electron chi connectivity index (χ1n) is 9.21. The molecule has 1 fully saturated rings. The maximum atomic E-state index is 13.0. The number of hydrogen-bond acceptors (Lipinski definition) is 3. The zero-order valence-electron chi connectivity index (χ0n) is 15.4. The number of hydrogen-bond donors (Lipinski definition) is 2. The van der Waals surface area contributed by atoms with Crippen LogP contribution in [0.5, 0.6) is 0 Å². The standard InChI is InChI=1S/C20H21F3N2O3S/c21-15-8-4-13(5-9-15)14-6-10-16(11-7-14)24-20(26)25-17-2-1-3-18(12-17)29(27,28)19(22)23/h1-5,8-9,12,14,16,19H,6-7,10-11H2,(H2,24,25,26). The SMILES string of the molecule is O=C(Nc1cccc(S(=O)(=O)C(F)F)c1)NC1CCC(c2ccc(F)cc2)CC1. The highest BCUT2D eigenvalue weighted by atomic mass is 32.2. The van der Waals surface area contributed by atoms with Crippen LogP contribution in [0.25, 0.3) is 0 Å². The van der Waals surface area contributed by atoms with E-state index in [4.69, 9.17) is 0 Å². The smallest absolute Gasteiger partial charge is 0.335 e. The zero-order chi connectivity index (χ0) is 21.0. The molecule has 1 saturated carbocycles. The molecule has 0 aliphatic heterocycles. The van der Waals surface area contributed by atoms with E-state index < -0.39 is 26.5 Å². The van der Waals surface area contributed by atoms with Gasteiger partial charge in [0.1, 0.15) is 5.82 Å². The Balaban J connectivity index is 1.54. The van der Waals surface area contributed by atoms with Gasteiger partial charge in [-0.25, -0.2) is 17.6 Å². The Morgan fingerprint density at radius 1 is 1.00 bits per heavy atom. The van der Waals surface area contributed by atoms with Crippen molar-refractivity contribution < 1.29 is 26.4 Å². The summed E-state index contributed by atoms with van der Waals surface area (Å²) in [5, 5.41) is 5.31. The summed E-state index contributed by atoms with van der Waals surface area (Å²) in [7, 11) is -4.73. The number of benzene rings is 2. The van der Waals surface area contributed by atoms with Crippen LogP contribution in [0.2, 0.25) is 0 Å². The number of sulfone groups is 1. The van der Waals surface area contributed by atoms with Gasteiger partial charge in [-0.05, 0) is 67.5 Å². The molecule has 3 rings (SSSR count). The molecule has 0 aromatic heterocycles. The summed E-state index contributed by atoms with van der Waals surface area (Å²) in [6.45, 7) is 0. The van der Waals surface area contributed by atoms with E-state index in [1.807, 2.05) is 0 Å². The molecule has 2 aromatic rings. The topological polar surface area (TPSA) is 75.3 Å². The quantitative estimate of drug-likeness (QED) is 0.730. The van der Waals surface area contributed by atoms with Crippen molar-refractivity contribution in [2.75, 3.05) is 5.32 Å². The van der Waals surface area contributed by atoms with Crippen molar-refractivity contribution in [3.05, 3.63) is 59.9 Å². The molecule has 29 heavy (non-hydrogen) atoms. The average molecular weight is 426 g/mol. The maximum Gasteiger partial charge on any atom is 0.341 e. The number of carbonyl (C=O) groups excluding carboxylic acids is 1. The highest BCUT2D eigenvalue weighted by Crippen LogP contribution is 2.33. The van der Waals surface area contributed by atoms with E-state index >= 15 is 0 Å². The van der Waals surface area contributed by atoms with Crippen molar-refractivity contribution in [3.8, 4) is 0 Å². The molecule has 0 atom stereocenters. The fourth-order valence-electron chi connectivity index (χ4n) is 3.51. The molecule has 2 aromatic carbocycles. The fourth-order valence-corrected chi connectivity index (χ4v) is 4.28. The summed E-state index contributed by atoms with van der Waals surface area (Å²) >= 11 is 0. The minimum Gasteiger partial charge on any atom is -0.335 e. The molecule has 5 nitrogen and oxygen atoms in total. The summed E-state index contributed by atoms with van der Waals surface area (Å²) in [6.07, 6.45) is 3.18. The fraction of sp³-hybridized carbons (Fsp3) is 0.350. The normalized spacial score (nSPS) is 19.7. The molecule has 0 saturated heterocycles. The Bertz CT molecular complexity index is 957. The highest BCUT2D eigenvalue weighted by molar-refractivity contribution is 7.91. The lowest BCUT2D eigenvalue weighted by atomic mass is 9.82. The molecule has 2 N–H and O–H groups in total. The number of alkyl halides is 2. The molecule has 2 amide bonds. The predicted octanol–water partition coefficient (Wildman–Crippen LogP) is 4.67. The van der Waals surface area contributed by atoms with Crippen LogP contribution < -0.4 is 10.6 Å². The lowest BCUT2D eigenvalue weighted by Crippen LogP contribution is -2.39. The molecule has 156 valence electrons. The first kappa shape index (κ1) is 21.2. The van der Waals surface area contributed by atoms with Gasteiger partial charge in [-0.3, -0.25) is 0 Å². The second kappa shape index (κ2) is 8.86. The second-order valence-electron chi connectivity index (χ2n) is 7.03. The Morgan fingerprint density at radius 3 is 2.28 bits per heavy atom. The van der Waals surface area contributed by atoms with Crippen LogP contribution in [0.4, 0.5) is 23.7 Å². The van der Waals surface area contributed by atoms with Crippen LogP contribution in [0.3, 0.4) is 0 Å². The molecule has 0 heterocycles. The van der Waals surface area contributed by atoms with Gasteiger partial charge in [0, 0.05) is 11.7 Å². The van der Waals surface area contributed by atoms with Crippen molar-refractivity contribution in [1.82, 2.24) is 5.32 Å². The van der Waals surface area contributed by atoms with E-state index in [0.29, 0.717) is 5.92 Å². The van der Waals surface area contributed by atoms with Gasteiger partial charge in [0.15, 0.2) is 0 Å². The summed E-state index contributed by atoms with van der Waals surface area (Å²) in [4.78, 5) is 11.7. The van der Waals surface area contributed by atoms with Gasteiger partial charge in [-0.2, -0.15) is 8.78 Å². The number of rotatable bonds is 5. The van der Waals surface area contributed by atoms with Crippen LogP contribution in [-0.4, -0.2) is 26.2 Å². The first-order valence-corrected chi connectivity index (χ1v) is 10.8. The summed E-state index contributed by atoms with van der Waals surface area (Å²) in [6, 6.07) is 10.6. The average Bonchev–Trinajstić information content (AvgIpc) is 2.69. The van der Waals surface area contributed by atoms with Crippen molar-refractivity contribution in [2.45, 2.75) is 48.3 Å². The predicted molar refractivity (Wildman–Crippen MR) is 103 cm³/mol. The maximum absolute atomic E-state index is 13.0. The number of anilines is 1. The molecule has 0 unspecified atom stereocenters. The molecule has 1 aliphatic carbocycles. The molecular weight excluding hydrogens is 405 g/mol. The molecule has 1 aliphatic rings. The molecule has 0 spiro atoms. The third kappa shape index (κ3) is 5.29. The van der Waals surface area contributed by atoms with E-state index in [1.54, 1.807) is 12.1 Å². The van der Waals surface area contributed by atoms with Gasteiger partial charge in [0.05, 0.1) is 4.90 Å². The number of halogens is 3. The zero-order valence-corrected chi connectivity index (χ0v) is 16.3. The van der Waals surface area contributed by atoms with E-state index in [0.717, 1.165) is 43.4 Å². The van der Waals surface area contributed by atoms with E-state index in [-0.39, 0.29) is 17.5 Å². The van der Waals surface area contributed by atoms with Gasteiger partial charge >= 0.3 is 11.8 Å². The van der Waals surface area contributed by atoms with E-state index in [9.17, 15) is 26.4 Å². The van der Waals surface area contributed by atoms with Crippen LogP contribution in [-0.2, 0) is 9.84 Å². The Labute approximate surface area is 167 Å². The van der Waals surface area contributed by atoms with Crippen molar-refractivity contribution in [3.63, 3.8) is 0 Å². The van der Waals surface area contributed by atoms with E-state index in [1.165, 1.54) is 24.3 Å². The van der Waals surface area contributed by atoms with Crippen molar-refractivity contribution in [2.24, 2.45) is 0 Å². The monoisotopic (exact) mass is 426 g/mol. The number of nitrogens with one attached hydrogen (secondary N) is 2. The number of amides is 2. The third-order valence-corrected chi connectivity index (χ3v) is 6.44. The van der Waals surface area contributed by atoms with E-state index in [2.05, 4.69) is 10.6 Å². The number of urea groups is 1. The minimum atomic E-state index is -4.73. The molecular formula is C20H21F3N2O3S. The minimum absolute atomic E-state index is 0.0559. The number of carbonyl (C=O) groups is 1. The van der Waals surface area contributed by atoms with Gasteiger partial charge in [-0.15, -0.1) is 0 Å². The second-order valence-corrected chi connectivity index (χ2v) is 8.95. The van der Waals surface area contributed by atoms with Crippen LogP contribution >= 0.6 is 0 Å². The van der Waals surface area contributed by atoms with Crippen LogP contribution in [0, 0.1) is 5.82 Å².